The Morgan fingerprint density at radius 1 is 1.10 bits per heavy atom. The van der Waals surface area contributed by atoms with Crippen LogP contribution in [0.15, 0.2) is 70.6 Å². The first kappa shape index (κ1) is 19.6. The minimum absolute atomic E-state index is 0.132. The molecule has 30 heavy (non-hydrogen) atoms. The van der Waals surface area contributed by atoms with Crippen molar-refractivity contribution in [1.82, 2.24) is 14.9 Å². The van der Waals surface area contributed by atoms with Gasteiger partial charge >= 0.3 is 22.2 Å². The molecule has 2 amide bonds. The fourth-order valence-electron chi connectivity index (χ4n) is 3.41. The number of amides is 2. The first-order valence-corrected chi connectivity index (χ1v) is 10.6. The maximum atomic E-state index is 13.0. The average molecular weight is 426 g/mol. The van der Waals surface area contributed by atoms with Crippen LogP contribution in [0.25, 0.3) is 5.70 Å². The van der Waals surface area contributed by atoms with Crippen LogP contribution in [0, 0.1) is 0 Å². The number of ether oxygens (including phenoxy) is 1. The first-order chi connectivity index (χ1) is 14.4. The molecule has 0 aromatic heterocycles. The van der Waals surface area contributed by atoms with Gasteiger partial charge in [-0.1, -0.05) is 60.7 Å². The number of carbonyl (C=O) groups excluding carboxylic acids is 2. The lowest BCUT2D eigenvalue weighted by Crippen LogP contribution is -2.59. The van der Waals surface area contributed by atoms with E-state index in [0.717, 1.165) is 4.90 Å². The number of nitrogens with zero attached hydrogens (tertiary/aromatic N) is 2. The van der Waals surface area contributed by atoms with E-state index in [1.54, 1.807) is 61.5 Å². The Morgan fingerprint density at radius 3 is 2.37 bits per heavy atom. The Hall–Kier alpha value is -3.66. The molecule has 2 N–H and O–H groups in total. The zero-order valence-electron chi connectivity index (χ0n) is 15.9. The van der Waals surface area contributed by atoms with Gasteiger partial charge in [0.1, 0.15) is 6.04 Å². The van der Waals surface area contributed by atoms with Crippen molar-refractivity contribution in [1.29, 1.82) is 0 Å². The van der Waals surface area contributed by atoms with Crippen molar-refractivity contribution < 1.29 is 22.7 Å². The highest BCUT2D eigenvalue weighted by Gasteiger charge is 2.45. The van der Waals surface area contributed by atoms with Gasteiger partial charge in [-0.25, -0.2) is 14.3 Å². The van der Waals surface area contributed by atoms with Crippen LogP contribution in [0.4, 0.5) is 4.79 Å². The summed E-state index contributed by atoms with van der Waals surface area (Å²) in [5.74, 6) is -0.822. The Bertz CT molecular complexity index is 1160. The molecular formula is C20H18N4O5S. The highest BCUT2D eigenvalue weighted by Crippen LogP contribution is 2.38. The third kappa shape index (κ3) is 3.52. The SMILES string of the molecule is CCOC(=O)C1=C(c2ccccc2)NC2=NS(=O)(=O)NC(=O)N2C1c1ccccc1. The monoisotopic (exact) mass is 426 g/mol. The van der Waals surface area contributed by atoms with Gasteiger partial charge in [0.25, 0.3) is 0 Å². The summed E-state index contributed by atoms with van der Waals surface area (Å²) < 4.78 is 34.9. The lowest BCUT2D eigenvalue weighted by molar-refractivity contribution is -0.139. The number of nitrogens with one attached hydrogen (secondary N) is 2. The molecule has 2 aliphatic heterocycles. The van der Waals surface area contributed by atoms with Crippen LogP contribution < -0.4 is 10.0 Å². The molecule has 0 fully saturated rings. The maximum absolute atomic E-state index is 13.0. The molecule has 2 aromatic rings. The second-order valence-electron chi connectivity index (χ2n) is 6.48. The van der Waals surface area contributed by atoms with E-state index in [0.29, 0.717) is 16.8 Å². The number of fused-ring (bicyclic) bond motifs is 1. The van der Waals surface area contributed by atoms with E-state index in [1.165, 1.54) is 0 Å². The van der Waals surface area contributed by atoms with E-state index in [4.69, 9.17) is 4.74 Å². The van der Waals surface area contributed by atoms with Crippen molar-refractivity contribution in [2.75, 3.05) is 6.61 Å². The van der Waals surface area contributed by atoms with E-state index in [2.05, 4.69) is 9.71 Å². The minimum atomic E-state index is -4.22. The number of urea groups is 1. The molecule has 2 aromatic carbocycles. The van der Waals surface area contributed by atoms with Gasteiger partial charge in [0, 0.05) is 0 Å². The fourth-order valence-corrected chi connectivity index (χ4v) is 4.14. The Balaban J connectivity index is 2.02. The van der Waals surface area contributed by atoms with Gasteiger partial charge in [0.15, 0.2) is 0 Å². The van der Waals surface area contributed by atoms with Gasteiger partial charge in [0.2, 0.25) is 5.96 Å². The van der Waals surface area contributed by atoms with Gasteiger partial charge in [-0.15, -0.1) is 4.40 Å². The van der Waals surface area contributed by atoms with E-state index in [9.17, 15) is 18.0 Å². The molecule has 2 aliphatic rings. The van der Waals surface area contributed by atoms with Crippen LogP contribution in [-0.2, 0) is 19.7 Å². The second-order valence-corrected chi connectivity index (χ2v) is 7.82. The molecule has 154 valence electrons. The van der Waals surface area contributed by atoms with E-state index in [1.807, 2.05) is 10.8 Å². The third-order valence-electron chi connectivity index (χ3n) is 4.58. The van der Waals surface area contributed by atoms with Crippen molar-refractivity contribution in [3.63, 3.8) is 0 Å². The van der Waals surface area contributed by atoms with Gasteiger partial charge in [-0.3, -0.25) is 4.90 Å². The van der Waals surface area contributed by atoms with Crippen LogP contribution in [0.1, 0.15) is 24.1 Å². The molecule has 9 nitrogen and oxygen atoms in total. The van der Waals surface area contributed by atoms with Crippen LogP contribution in [0.2, 0.25) is 0 Å². The van der Waals surface area contributed by atoms with Crippen molar-refractivity contribution in [3.05, 3.63) is 77.4 Å². The van der Waals surface area contributed by atoms with E-state index >= 15 is 0 Å². The Kier molecular flexibility index (Phi) is 5.00. The lowest BCUT2D eigenvalue weighted by Gasteiger charge is -2.40. The Morgan fingerprint density at radius 2 is 1.73 bits per heavy atom. The van der Waals surface area contributed by atoms with Crippen LogP contribution in [0.5, 0.6) is 0 Å². The number of hydrogen-bond donors (Lipinski definition) is 2. The minimum Gasteiger partial charge on any atom is -0.463 e. The van der Waals surface area contributed by atoms with E-state index < -0.39 is 28.3 Å². The lowest BCUT2D eigenvalue weighted by atomic mass is 9.91. The third-order valence-corrected chi connectivity index (χ3v) is 5.43. The molecular weight excluding hydrogens is 408 g/mol. The van der Waals surface area contributed by atoms with Gasteiger partial charge < -0.3 is 10.1 Å². The van der Waals surface area contributed by atoms with E-state index in [-0.39, 0.29) is 18.1 Å². The summed E-state index contributed by atoms with van der Waals surface area (Å²) in [5, 5.41) is 2.86. The summed E-state index contributed by atoms with van der Waals surface area (Å²) in [4.78, 5) is 26.9. The quantitative estimate of drug-likeness (QED) is 0.722. The first-order valence-electron chi connectivity index (χ1n) is 9.16. The van der Waals surface area contributed by atoms with Gasteiger partial charge in [-0.2, -0.15) is 8.42 Å². The number of hydrogen-bond acceptors (Lipinski definition) is 6. The molecule has 0 aliphatic carbocycles. The standard InChI is InChI=1S/C20H18N4O5S/c1-2-29-18(25)15-16(13-9-5-3-6-10-13)21-19-22-30(27,28)23-20(26)24(19)17(15)14-11-7-4-8-12-14/h3-12,17H,2H2,1H3,(H,21,22)(H,23,26). The van der Waals surface area contributed by atoms with Crippen LogP contribution in [-0.4, -0.2) is 37.9 Å². The fraction of sp³-hybridized carbons (Fsp3) is 0.150. The van der Waals surface area contributed by atoms with Crippen LogP contribution in [0.3, 0.4) is 0 Å². The molecule has 0 saturated heterocycles. The van der Waals surface area contributed by atoms with Crippen molar-refractivity contribution in [2.45, 2.75) is 13.0 Å². The highest BCUT2D eigenvalue weighted by molar-refractivity contribution is 7.89. The summed E-state index contributed by atoms with van der Waals surface area (Å²) in [6.07, 6.45) is 0. The largest absolute Gasteiger partial charge is 0.463 e. The number of esters is 1. The highest BCUT2D eigenvalue weighted by atomic mass is 32.2. The molecule has 4 rings (SSSR count). The summed E-state index contributed by atoms with van der Waals surface area (Å²) in [6.45, 7) is 1.81. The van der Waals surface area contributed by atoms with Gasteiger partial charge in [0.05, 0.1) is 17.9 Å². The molecule has 2 heterocycles. The normalized spacial score (nSPS) is 19.9. The predicted molar refractivity (Wildman–Crippen MR) is 109 cm³/mol. The van der Waals surface area contributed by atoms with Gasteiger partial charge in [-0.05, 0) is 18.1 Å². The average Bonchev–Trinajstić information content (AvgIpc) is 2.73. The molecule has 0 spiro atoms. The van der Waals surface area contributed by atoms with Crippen molar-refractivity contribution in [3.8, 4) is 0 Å². The zero-order chi connectivity index (χ0) is 21.3. The van der Waals surface area contributed by atoms with Crippen molar-refractivity contribution in [2.24, 2.45) is 4.40 Å². The molecule has 0 radical (unpaired) electrons. The molecule has 0 bridgehead atoms. The second kappa shape index (κ2) is 7.64. The van der Waals surface area contributed by atoms with Crippen molar-refractivity contribution >= 4 is 33.9 Å². The summed E-state index contributed by atoms with van der Waals surface area (Å²) in [5.41, 5.74) is 1.70. The zero-order valence-corrected chi connectivity index (χ0v) is 16.7. The molecule has 10 heteroatoms. The molecule has 1 atom stereocenters. The summed E-state index contributed by atoms with van der Waals surface area (Å²) in [7, 11) is -4.22. The number of guanidine groups is 1. The maximum Gasteiger partial charge on any atom is 0.349 e. The molecule has 0 saturated carbocycles. The number of benzene rings is 2. The summed E-state index contributed by atoms with van der Waals surface area (Å²) in [6, 6.07) is 15.8. The molecule has 1 unspecified atom stereocenters. The Labute approximate surface area is 173 Å². The smallest absolute Gasteiger partial charge is 0.349 e. The number of carbonyl (C=O) groups is 2. The summed E-state index contributed by atoms with van der Waals surface area (Å²) >= 11 is 0. The predicted octanol–water partition coefficient (Wildman–Crippen LogP) is 1.93. The topological polar surface area (TPSA) is 117 Å². The van der Waals surface area contributed by atoms with Crippen LogP contribution >= 0.6 is 0 Å². The number of rotatable bonds is 4.